The Bertz CT molecular complexity index is 1350. The molecule has 0 atom stereocenters. The summed E-state index contributed by atoms with van der Waals surface area (Å²) in [7, 11) is -0.975. The van der Waals surface area contributed by atoms with Crippen molar-refractivity contribution in [2.75, 3.05) is 26.0 Å². The Hall–Kier alpha value is -3.24. The van der Waals surface area contributed by atoms with Crippen molar-refractivity contribution in [3.63, 3.8) is 0 Å². The summed E-state index contributed by atoms with van der Waals surface area (Å²) in [5.74, 6) is -0.212. The first-order valence-corrected chi connectivity index (χ1v) is 12.0. The van der Waals surface area contributed by atoms with Gasteiger partial charge >= 0.3 is 0 Å². The first kappa shape index (κ1) is 24.4. The lowest BCUT2D eigenvalue weighted by Gasteiger charge is -2.17. The van der Waals surface area contributed by atoms with Gasteiger partial charge in [-0.25, -0.2) is 17.4 Å². The SMILES string of the molecule is CCOc1ccc(NC(=O)c2nn(CC(C)C)c(=O)c3ccccc23)cc1S(=O)(=O)N(C)C. The quantitative estimate of drug-likeness (QED) is 0.540. The number of carbonyl (C=O) groups excluding carboxylic acids is 1. The molecule has 0 fully saturated rings. The fourth-order valence-corrected chi connectivity index (χ4v) is 4.37. The molecule has 10 heteroatoms. The van der Waals surface area contributed by atoms with E-state index < -0.39 is 15.9 Å². The molecule has 0 unspecified atom stereocenters. The lowest BCUT2D eigenvalue weighted by Crippen LogP contribution is -2.29. The van der Waals surface area contributed by atoms with E-state index in [2.05, 4.69) is 10.4 Å². The Labute approximate surface area is 193 Å². The minimum Gasteiger partial charge on any atom is -0.492 e. The van der Waals surface area contributed by atoms with Crippen LogP contribution in [0.2, 0.25) is 0 Å². The molecule has 176 valence electrons. The van der Waals surface area contributed by atoms with E-state index in [0.717, 1.165) is 4.31 Å². The van der Waals surface area contributed by atoms with E-state index >= 15 is 0 Å². The molecule has 1 amide bonds. The molecule has 0 spiro atoms. The van der Waals surface area contributed by atoms with Gasteiger partial charge in [0.05, 0.1) is 12.0 Å². The lowest BCUT2D eigenvalue weighted by molar-refractivity contribution is 0.102. The molecule has 3 aromatic rings. The molecule has 33 heavy (non-hydrogen) atoms. The zero-order valence-corrected chi connectivity index (χ0v) is 20.1. The number of rotatable bonds is 8. The number of aromatic nitrogens is 2. The molecule has 1 heterocycles. The minimum atomic E-state index is -3.82. The zero-order chi connectivity index (χ0) is 24.3. The maximum Gasteiger partial charge on any atom is 0.276 e. The van der Waals surface area contributed by atoms with Gasteiger partial charge < -0.3 is 10.1 Å². The van der Waals surface area contributed by atoms with E-state index in [1.807, 2.05) is 13.8 Å². The molecule has 0 saturated carbocycles. The van der Waals surface area contributed by atoms with Crippen molar-refractivity contribution in [2.45, 2.75) is 32.2 Å². The smallest absolute Gasteiger partial charge is 0.276 e. The summed E-state index contributed by atoms with van der Waals surface area (Å²) in [5.41, 5.74) is 0.0735. The van der Waals surface area contributed by atoms with Crippen molar-refractivity contribution in [2.24, 2.45) is 5.92 Å². The van der Waals surface area contributed by atoms with Crippen LogP contribution < -0.4 is 15.6 Å². The Balaban J connectivity index is 2.08. The maximum atomic E-state index is 13.2. The molecule has 0 aliphatic carbocycles. The average Bonchev–Trinajstić information content (AvgIpc) is 2.76. The first-order chi connectivity index (χ1) is 15.6. The van der Waals surface area contributed by atoms with Crippen LogP contribution in [0, 0.1) is 5.92 Å². The summed E-state index contributed by atoms with van der Waals surface area (Å²) in [6.07, 6.45) is 0. The Kier molecular flexibility index (Phi) is 7.19. The molecule has 3 rings (SSSR count). The third kappa shape index (κ3) is 5.07. The van der Waals surface area contributed by atoms with Crippen LogP contribution >= 0.6 is 0 Å². The number of hydrogen-bond acceptors (Lipinski definition) is 6. The lowest BCUT2D eigenvalue weighted by atomic mass is 10.1. The highest BCUT2D eigenvalue weighted by Crippen LogP contribution is 2.29. The average molecular weight is 473 g/mol. The molecular formula is C23H28N4O5S. The summed E-state index contributed by atoms with van der Waals surface area (Å²) >= 11 is 0. The van der Waals surface area contributed by atoms with E-state index in [-0.39, 0.29) is 40.1 Å². The minimum absolute atomic E-state index is 0.0604. The third-order valence-corrected chi connectivity index (χ3v) is 6.72. The van der Waals surface area contributed by atoms with Crippen molar-refractivity contribution < 1.29 is 17.9 Å². The normalized spacial score (nSPS) is 11.8. The topological polar surface area (TPSA) is 111 Å². The van der Waals surface area contributed by atoms with Crippen LogP contribution in [-0.4, -0.2) is 49.1 Å². The fraction of sp³-hybridized carbons (Fsp3) is 0.348. The molecule has 0 aliphatic rings. The van der Waals surface area contributed by atoms with Gasteiger partial charge in [-0.2, -0.15) is 5.10 Å². The highest BCUT2D eigenvalue weighted by molar-refractivity contribution is 7.89. The molecule has 1 N–H and O–H groups in total. The van der Waals surface area contributed by atoms with Crippen molar-refractivity contribution in [1.82, 2.24) is 14.1 Å². The van der Waals surface area contributed by atoms with E-state index in [0.29, 0.717) is 17.3 Å². The van der Waals surface area contributed by atoms with Crippen LogP contribution in [0.3, 0.4) is 0 Å². The Morgan fingerprint density at radius 2 is 1.82 bits per heavy atom. The number of carbonyl (C=O) groups is 1. The number of ether oxygens (including phenoxy) is 1. The summed E-state index contributed by atoms with van der Waals surface area (Å²) in [6.45, 7) is 6.31. The van der Waals surface area contributed by atoms with Gasteiger partial charge in [-0.05, 0) is 37.1 Å². The van der Waals surface area contributed by atoms with Gasteiger partial charge in [-0.3, -0.25) is 9.59 Å². The van der Waals surface area contributed by atoms with Crippen LogP contribution in [0.1, 0.15) is 31.3 Å². The first-order valence-electron chi connectivity index (χ1n) is 10.6. The van der Waals surface area contributed by atoms with Crippen LogP contribution in [0.5, 0.6) is 5.75 Å². The number of amides is 1. The number of fused-ring (bicyclic) bond motifs is 1. The fourth-order valence-electron chi connectivity index (χ4n) is 3.32. The van der Waals surface area contributed by atoms with Crippen molar-refractivity contribution in [1.29, 1.82) is 0 Å². The third-order valence-electron chi connectivity index (χ3n) is 4.88. The Morgan fingerprint density at radius 3 is 2.42 bits per heavy atom. The van der Waals surface area contributed by atoms with Crippen LogP contribution in [0.15, 0.2) is 52.2 Å². The molecule has 9 nitrogen and oxygen atoms in total. The molecular weight excluding hydrogens is 444 g/mol. The van der Waals surface area contributed by atoms with Crippen LogP contribution in [0.4, 0.5) is 5.69 Å². The molecule has 0 aliphatic heterocycles. The van der Waals surface area contributed by atoms with Gasteiger partial charge in [0.1, 0.15) is 10.6 Å². The monoisotopic (exact) mass is 472 g/mol. The number of hydrogen-bond donors (Lipinski definition) is 1. The highest BCUT2D eigenvalue weighted by Gasteiger charge is 2.24. The maximum absolute atomic E-state index is 13.2. The van der Waals surface area contributed by atoms with E-state index in [4.69, 9.17) is 4.74 Å². The summed E-state index contributed by atoms with van der Waals surface area (Å²) in [5, 5.41) is 7.85. The second kappa shape index (κ2) is 9.72. The van der Waals surface area contributed by atoms with Crippen molar-refractivity contribution >= 4 is 32.4 Å². The van der Waals surface area contributed by atoms with Gasteiger partial charge in [0.2, 0.25) is 10.0 Å². The molecule has 0 saturated heterocycles. The van der Waals surface area contributed by atoms with Gasteiger partial charge in [0.15, 0.2) is 5.69 Å². The standard InChI is InChI=1S/C23H28N4O5S/c1-6-32-19-12-11-16(13-20(19)33(30,31)26(4)5)24-22(28)21-17-9-7-8-10-18(17)23(29)27(25-21)14-15(2)3/h7-13,15H,6,14H2,1-5H3,(H,24,28). The molecule has 0 radical (unpaired) electrons. The number of benzene rings is 2. The van der Waals surface area contributed by atoms with E-state index in [1.54, 1.807) is 37.3 Å². The Morgan fingerprint density at radius 1 is 1.15 bits per heavy atom. The van der Waals surface area contributed by atoms with Crippen molar-refractivity contribution in [3.8, 4) is 5.75 Å². The number of anilines is 1. The second-order valence-electron chi connectivity index (χ2n) is 8.11. The van der Waals surface area contributed by atoms with Gasteiger partial charge in [0.25, 0.3) is 11.5 Å². The molecule has 0 bridgehead atoms. The summed E-state index contributed by atoms with van der Waals surface area (Å²) in [4.78, 5) is 25.9. The number of sulfonamides is 1. The van der Waals surface area contributed by atoms with E-state index in [9.17, 15) is 18.0 Å². The second-order valence-corrected chi connectivity index (χ2v) is 10.2. The van der Waals surface area contributed by atoms with Gasteiger partial charge in [-0.15, -0.1) is 0 Å². The summed E-state index contributed by atoms with van der Waals surface area (Å²) in [6, 6.07) is 11.2. The zero-order valence-electron chi connectivity index (χ0n) is 19.3. The van der Waals surface area contributed by atoms with Gasteiger partial charge in [0, 0.05) is 31.7 Å². The largest absolute Gasteiger partial charge is 0.492 e. The summed E-state index contributed by atoms with van der Waals surface area (Å²) < 4.78 is 33.4. The van der Waals surface area contributed by atoms with Crippen LogP contribution in [0.25, 0.3) is 10.8 Å². The van der Waals surface area contributed by atoms with Crippen molar-refractivity contribution in [3.05, 3.63) is 58.5 Å². The predicted octanol–water partition coefficient (Wildman–Crippen LogP) is 2.95. The number of nitrogens with one attached hydrogen (secondary N) is 1. The predicted molar refractivity (Wildman–Crippen MR) is 127 cm³/mol. The molecule has 1 aromatic heterocycles. The highest BCUT2D eigenvalue weighted by atomic mass is 32.2. The number of nitrogens with zero attached hydrogens (tertiary/aromatic N) is 3. The van der Waals surface area contributed by atoms with Gasteiger partial charge in [-0.1, -0.05) is 32.0 Å². The van der Waals surface area contributed by atoms with E-state index in [1.165, 1.54) is 30.9 Å². The molecule has 2 aromatic carbocycles. The van der Waals surface area contributed by atoms with Crippen LogP contribution in [-0.2, 0) is 16.6 Å².